The summed E-state index contributed by atoms with van der Waals surface area (Å²) in [4.78, 5) is 4.61. The van der Waals surface area contributed by atoms with Gasteiger partial charge in [0.05, 0.1) is 5.39 Å². The highest BCUT2D eigenvalue weighted by Gasteiger charge is 2.22. The van der Waals surface area contributed by atoms with Gasteiger partial charge in [0.2, 0.25) is 0 Å². The predicted octanol–water partition coefficient (Wildman–Crippen LogP) is 21.6. The van der Waals surface area contributed by atoms with Crippen LogP contribution < -0.4 is 9.80 Å². The van der Waals surface area contributed by atoms with E-state index in [9.17, 15) is 0 Å². The lowest BCUT2D eigenvalue weighted by molar-refractivity contribution is 0.666. The van der Waals surface area contributed by atoms with Crippen LogP contribution in [-0.2, 0) is 0 Å². The van der Waals surface area contributed by atoms with Crippen molar-refractivity contribution in [2.45, 2.75) is 6.92 Å². The van der Waals surface area contributed by atoms with Gasteiger partial charge >= 0.3 is 0 Å². The van der Waals surface area contributed by atoms with Crippen LogP contribution in [-0.4, -0.2) is 0 Å². The molecule has 2 aromatic heterocycles. The number of fused-ring (bicyclic) bond motifs is 11. The number of hydrogen-bond donors (Lipinski definition) is 0. The molecule has 14 rings (SSSR count). The number of nitrogens with zero attached hydrogens (tertiary/aromatic N) is 2. The quantitative estimate of drug-likeness (QED) is 0.114. The zero-order valence-corrected chi connectivity index (χ0v) is 43.6. The van der Waals surface area contributed by atoms with Crippen molar-refractivity contribution < 1.29 is 8.83 Å². The first-order valence-corrected chi connectivity index (χ1v) is 26.8. The molecule has 14 aromatic rings. The Balaban J connectivity index is 0.847. The van der Waals surface area contributed by atoms with Gasteiger partial charge in [-0.15, -0.1) is 0 Å². The third-order valence-electron chi connectivity index (χ3n) is 15.4. The van der Waals surface area contributed by atoms with Crippen LogP contribution in [0.15, 0.2) is 306 Å². The maximum atomic E-state index is 7.08. The molecule has 4 nitrogen and oxygen atoms in total. The van der Waals surface area contributed by atoms with Gasteiger partial charge in [-0.25, -0.2) is 0 Å². The summed E-state index contributed by atoms with van der Waals surface area (Å²) in [5.74, 6) is 0. The normalized spacial score (nSPS) is 12.1. The van der Waals surface area contributed by atoms with Crippen molar-refractivity contribution in [1.29, 1.82) is 0 Å². The highest BCUT2D eigenvalue weighted by atomic mass is 16.3. The van der Waals surface area contributed by atoms with E-state index in [2.05, 4.69) is 296 Å². The Morgan fingerprint density at radius 1 is 0.354 bits per heavy atom. The van der Waals surface area contributed by atoms with E-state index in [0.29, 0.717) is 0 Å². The molecule has 2 heterocycles. The van der Waals surface area contributed by atoms with E-state index in [1.165, 1.54) is 33.4 Å². The van der Waals surface area contributed by atoms with Crippen LogP contribution in [0.4, 0.5) is 28.4 Å². The average molecular weight is 1010 g/mol. The Morgan fingerprint density at radius 3 is 1.32 bits per heavy atom. The maximum absolute atomic E-state index is 7.08. The highest BCUT2D eigenvalue weighted by Crippen LogP contribution is 2.45. The van der Waals surface area contributed by atoms with Gasteiger partial charge in [-0.3, -0.25) is 0 Å². The monoisotopic (exact) mass is 1010 g/mol. The van der Waals surface area contributed by atoms with Crippen molar-refractivity contribution >= 4 is 99.4 Å². The fourth-order valence-corrected chi connectivity index (χ4v) is 11.4. The molecule has 0 saturated heterocycles. The van der Waals surface area contributed by atoms with E-state index in [-0.39, 0.29) is 0 Å². The van der Waals surface area contributed by atoms with Crippen molar-refractivity contribution in [1.82, 2.24) is 0 Å². The Morgan fingerprint density at radius 2 is 0.772 bits per heavy atom. The van der Waals surface area contributed by atoms with E-state index in [1.54, 1.807) is 0 Å². The molecule has 12 aromatic carbocycles. The molecule has 0 aliphatic carbocycles. The standard InChI is InChI=1S/C75H52N2O2/c1-3-60(33-24-50(2)51-16-8-4-9-17-51)76(61-34-25-55(26-35-61)52-18-10-5-11-19-52)64-40-44-66-58(48-64)31-42-68-69-46-47-71-72(75(69)79-73(66)68)70-43-32-59-49-65(41-45-67(59)74(70)78-71)77(62-36-27-56(28-37-62)53-20-12-6-13-21-53)63-38-29-57(30-39-63)54-22-14-7-15-23-54/h3-49H,1H2,2H3/b50-24+,60-33+. The molecule has 0 atom stereocenters. The second-order valence-electron chi connectivity index (χ2n) is 20.1. The van der Waals surface area contributed by atoms with Gasteiger partial charge in [0, 0.05) is 61.1 Å². The predicted molar refractivity (Wildman–Crippen MR) is 334 cm³/mol. The van der Waals surface area contributed by atoms with Gasteiger partial charge in [-0.1, -0.05) is 183 Å². The summed E-state index contributed by atoms with van der Waals surface area (Å²) in [5.41, 5.74) is 18.9. The van der Waals surface area contributed by atoms with E-state index in [1.807, 2.05) is 12.1 Å². The first-order chi connectivity index (χ1) is 39.0. The first kappa shape index (κ1) is 47.1. The molecular weight excluding hydrogens is 961 g/mol. The lowest BCUT2D eigenvalue weighted by Crippen LogP contribution is -2.15. The molecule has 4 heteroatoms. The minimum atomic E-state index is 0.789. The fourth-order valence-electron chi connectivity index (χ4n) is 11.4. The second kappa shape index (κ2) is 19.9. The third-order valence-corrected chi connectivity index (χ3v) is 15.4. The fraction of sp³-hybridized carbons (Fsp3) is 0.0133. The number of benzene rings is 12. The zero-order chi connectivity index (χ0) is 52.8. The molecule has 0 aliphatic rings. The summed E-state index contributed by atoms with van der Waals surface area (Å²) in [7, 11) is 0. The van der Waals surface area contributed by atoms with Crippen LogP contribution >= 0.6 is 0 Å². The van der Waals surface area contributed by atoms with E-state index >= 15 is 0 Å². The van der Waals surface area contributed by atoms with E-state index in [0.717, 1.165) is 111 Å². The highest BCUT2D eigenvalue weighted by molar-refractivity contribution is 6.27. The molecular formula is C75H52N2O2. The third kappa shape index (κ3) is 8.62. The zero-order valence-electron chi connectivity index (χ0n) is 43.6. The van der Waals surface area contributed by atoms with Crippen LogP contribution in [0, 0.1) is 0 Å². The number of anilines is 5. The smallest absolute Gasteiger partial charge is 0.147 e. The molecule has 374 valence electrons. The van der Waals surface area contributed by atoms with Gasteiger partial charge < -0.3 is 18.6 Å². The molecule has 0 unspecified atom stereocenters. The second-order valence-corrected chi connectivity index (χ2v) is 20.1. The van der Waals surface area contributed by atoms with E-state index in [4.69, 9.17) is 8.83 Å². The molecule has 0 amide bonds. The van der Waals surface area contributed by atoms with Gasteiger partial charge in [-0.2, -0.15) is 0 Å². The van der Waals surface area contributed by atoms with Crippen LogP contribution in [0.1, 0.15) is 12.5 Å². The number of furan rings is 2. The van der Waals surface area contributed by atoms with Crippen LogP contribution in [0.5, 0.6) is 0 Å². The molecule has 0 saturated carbocycles. The molecule has 0 spiro atoms. The number of allylic oxidation sites excluding steroid dienone is 4. The lowest BCUT2D eigenvalue weighted by Gasteiger charge is -2.27. The van der Waals surface area contributed by atoms with Crippen molar-refractivity contribution in [2.24, 2.45) is 0 Å². The summed E-state index contributed by atoms with van der Waals surface area (Å²) in [6.07, 6.45) is 6.26. The largest absolute Gasteiger partial charge is 0.455 e. The Labute approximate surface area is 459 Å². The van der Waals surface area contributed by atoms with Crippen molar-refractivity contribution in [3.63, 3.8) is 0 Å². The van der Waals surface area contributed by atoms with Gasteiger partial charge in [0.1, 0.15) is 22.3 Å². The molecule has 0 fully saturated rings. The van der Waals surface area contributed by atoms with Gasteiger partial charge in [-0.05, 0) is 171 Å². The lowest BCUT2D eigenvalue weighted by atomic mass is 10.0. The Kier molecular flexibility index (Phi) is 11.9. The van der Waals surface area contributed by atoms with Crippen LogP contribution in [0.25, 0.3) is 104 Å². The van der Waals surface area contributed by atoms with Gasteiger partial charge in [0.25, 0.3) is 0 Å². The minimum Gasteiger partial charge on any atom is -0.455 e. The summed E-state index contributed by atoms with van der Waals surface area (Å²) in [5, 5.41) is 8.33. The van der Waals surface area contributed by atoms with E-state index < -0.39 is 0 Å². The van der Waals surface area contributed by atoms with Crippen LogP contribution in [0.2, 0.25) is 0 Å². The molecule has 79 heavy (non-hydrogen) atoms. The average Bonchev–Trinajstić information content (AvgIpc) is 4.32. The van der Waals surface area contributed by atoms with Gasteiger partial charge in [0.15, 0.2) is 0 Å². The number of hydrogen-bond acceptors (Lipinski definition) is 4. The molecule has 0 bridgehead atoms. The topological polar surface area (TPSA) is 32.8 Å². The maximum Gasteiger partial charge on any atom is 0.147 e. The first-order valence-electron chi connectivity index (χ1n) is 26.8. The number of rotatable bonds is 12. The summed E-state index contributed by atoms with van der Waals surface area (Å²) < 4.78 is 13.9. The minimum absolute atomic E-state index is 0.789. The molecule has 0 N–H and O–H groups in total. The summed E-state index contributed by atoms with van der Waals surface area (Å²) >= 11 is 0. The Bertz CT molecular complexity index is 4550. The SMILES string of the molecule is C=C/C(=C\C=C(/C)c1ccccc1)N(c1ccc(-c2ccccc2)cc1)c1ccc2c(ccc3c4ccc5oc6c7ccc(N(c8ccc(-c9ccccc9)cc8)c8ccc(-c9ccccc9)cc8)cc7ccc6c5c4oc23)c1. The summed E-state index contributed by atoms with van der Waals surface area (Å²) in [6, 6.07) is 94.9. The Hall–Kier alpha value is -10.4. The van der Waals surface area contributed by atoms with Crippen molar-refractivity contribution in [2.75, 3.05) is 9.80 Å². The van der Waals surface area contributed by atoms with Crippen molar-refractivity contribution in [3.8, 4) is 33.4 Å². The molecule has 0 aliphatic heterocycles. The molecule has 0 radical (unpaired) electrons. The van der Waals surface area contributed by atoms with Crippen molar-refractivity contribution in [3.05, 3.63) is 303 Å². The van der Waals surface area contributed by atoms with Crippen LogP contribution in [0.3, 0.4) is 0 Å². The summed E-state index contributed by atoms with van der Waals surface area (Å²) in [6.45, 7) is 6.47.